The fourth-order valence-electron chi connectivity index (χ4n) is 2.59. The zero-order chi connectivity index (χ0) is 15.4. The fraction of sp³-hybridized carbons (Fsp3) is 0.600. The first-order valence-electron chi connectivity index (χ1n) is 6.90. The molecule has 0 aliphatic heterocycles. The van der Waals surface area contributed by atoms with E-state index in [9.17, 15) is 9.90 Å². The van der Waals surface area contributed by atoms with Crippen molar-refractivity contribution in [3.05, 3.63) is 22.9 Å². The third-order valence-corrected chi connectivity index (χ3v) is 3.31. The van der Waals surface area contributed by atoms with Crippen LogP contribution in [-0.4, -0.2) is 54.2 Å². The van der Waals surface area contributed by atoms with Gasteiger partial charge >= 0.3 is 5.97 Å². The van der Waals surface area contributed by atoms with E-state index in [2.05, 4.69) is 21.7 Å². The van der Waals surface area contributed by atoms with Gasteiger partial charge in [0.05, 0.1) is 0 Å². The predicted molar refractivity (Wildman–Crippen MR) is 81.7 cm³/mol. The number of aromatic nitrogens is 1. The van der Waals surface area contributed by atoms with Gasteiger partial charge in [-0.15, -0.1) is 0 Å². The quantitative estimate of drug-likeness (QED) is 0.865. The minimum atomic E-state index is -0.916. The minimum Gasteiger partial charge on any atom is -0.478 e. The lowest BCUT2D eigenvalue weighted by Crippen LogP contribution is -2.41. The molecular weight excluding hydrogens is 254 g/mol. The molecule has 112 valence electrons. The van der Waals surface area contributed by atoms with Gasteiger partial charge in [-0.2, -0.15) is 0 Å². The third-order valence-electron chi connectivity index (χ3n) is 3.31. The van der Waals surface area contributed by atoms with Gasteiger partial charge in [0, 0.05) is 24.8 Å². The maximum atomic E-state index is 11.5. The van der Waals surface area contributed by atoms with E-state index in [-0.39, 0.29) is 6.04 Å². The summed E-state index contributed by atoms with van der Waals surface area (Å²) in [6.07, 6.45) is 0. The molecule has 1 aromatic heterocycles. The van der Waals surface area contributed by atoms with Crippen LogP contribution in [0.5, 0.6) is 0 Å². The van der Waals surface area contributed by atoms with Crippen molar-refractivity contribution in [3.8, 4) is 0 Å². The lowest BCUT2D eigenvalue weighted by Gasteiger charge is -2.32. The van der Waals surface area contributed by atoms with E-state index in [1.807, 2.05) is 40.9 Å². The summed E-state index contributed by atoms with van der Waals surface area (Å²) in [7, 11) is 4.02. The number of carboxylic acids is 1. The van der Waals surface area contributed by atoms with Crippen molar-refractivity contribution in [2.24, 2.45) is 0 Å². The molecule has 0 bridgehead atoms. The van der Waals surface area contributed by atoms with E-state index >= 15 is 0 Å². The fourth-order valence-corrected chi connectivity index (χ4v) is 2.59. The lowest BCUT2D eigenvalue weighted by atomic mass is 10.1. The zero-order valence-electron chi connectivity index (χ0n) is 13.3. The Kier molecular flexibility index (Phi) is 5.51. The molecule has 0 aliphatic carbocycles. The Balaban J connectivity index is 3.30. The predicted octanol–water partition coefficient (Wildman–Crippen LogP) is 2.17. The van der Waals surface area contributed by atoms with Gasteiger partial charge in [0.1, 0.15) is 11.4 Å². The van der Waals surface area contributed by atoms with Crippen molar-refractivity contribution in [2.75, 3.05) is 32.1 Å². The first kappa shape index (κ1) is 16.4. The topological polar surface area (TPSA) is 56.7 Å². The highest BCUT2D eigenvalue weighted by Crippen LogP contribution is 2.24. The van der Waals surface area contributed by atoms with E-state index in [1.165, 1.54) is 0 Å². The van der Waals surface area contributed by atoms with Crippen molar-refractivity contribution < 1.29 is 9.90 Å². The highest BCUT2D eigenvalue weighted by atomic mass is 16.4. The number of likely N-dealkylation sites (N-methyl/N-ethyl adjacent to an activating group) is 2. The number of pyridine rings is 1. The maximum absolute atomic E-state index is 11.5. The summed E-state index contributed by atoms with van der Waals surface area (Å²) >= 11 is 0. The Hall–Kier alpha value is -1.62. The van der Waals surface area contributed by atoms with Gasteiger partial charge in [-0.3, -0.25) is 0 Å². The van der Waals surface area contributed by atoms with Crippen molar-refractivity contribution in [3.63, 3.8) is 0 Å². The molecule has 20 heavy (non-hydrogen) atoms. The van der Waals surface area contributed by atoms with Gasteiger partial charge in [0.2, 0.25) is 0 Å². The number of carbonyl (C=O) groups is 1. The molecular formula is C15H25N3O2. The van der Waals surface area contributed by atoms with E-state index in [4.69, 9.17) is 0 Å². The van der Waals surface area contributed by atoms with Crippen molar-refractivity contribution >= 4 is 11.8 Å². The zero-order valence-corrected chi connectivity index (χ0v) is 13.3. The van der Waals surface area contributed by atoms with Gasteiger partial charge in [-0.25, -0.2) is 9.78 Å². The molecule has 5 nitrogen and oxygen atoms in total. The summed E-state index contributed by atoms with van der Waals surface area (Å²) < 4.78 is 0. The normalized spacial score (nSPS) is 12.6. The van der Waals surface area contributed by atoms with Crippen LogP contribution < -0.4 is 4.90 Å². The number of carboxylic acid groups (broad SMARTS) is 1. The maximum Gasteiger partial charge on any atom is 0.339 e. The molecule has 1 unspecified atom stereocenters. The minimum absolute atomic E-state index is 0.196. The summed E-state index contributed by atoms with van der Waals surface area (Å²) in [5.74, 6) is -0.340. The Bertz CT molecular complexity index is 486. The van der Waals surface area contributed by atoms with Gasteiger partial charge in [-0.05, 0) is 53.4 Å². The Labute approximate surface area is 121 Å². The number of anilines is 1. The highest BCUT2D eigenvalue weighted by molar-refractivity contribution is 5.95. The molecule has 0 radical (unpaired) electrons. The smallest absolute Gasteiger partial charge is 0.339 e. The SMILES string of the molecule is CCN(c1nc(C)cc(C)c1C(=O)O)C(C)CN(C)C. The van der Waals surface area contributed by atoms with E-state index in [0.29, 0.717) is 11.4 Å². The molecule has 1 heterocycles. The average molecular weight is 279 g/mol. The van der Waals surface area contributed by atoms with Gasteiger partial charge in [-0.1, -0.05) is 0 Å². The van der Waals surface area contributed by atoms with Crippen LogP contribution in [0.4, 0.5) is 5.82 Å². The number of hydrogen-bond donors (Lipinski definition) is 1. The summed E-state index contributed by atoms with van der Waals surface area (Å²) in [6.45, 7) is 9.41. The molecule has 5 heteroatoms. The molecule has 0 aliphatic rings. The van der Waals surface area contributed by atoms with E-state index < -0.39 is 5.97 Å². The van der Waals surface area contributed by atoms with Crippen molar-refractivity contribution in [1.82, 2.24) is 9.88 Å². The number of nitrogens with zero attached hydrogens (tertiary/aromatic N) is 3. The Morgan fingerprint density at radius 1 is 1.40 bits per heavy atom. The standard InChI is InChI=1S/C15H25N3O2/c1-7-18(12(4)9-17(5)6)14-13(15(19)20)10(2)8-11(3)16-14/h8,12H,7,9H2,1-6H3,(H,19,20). The molecule has 1 N–H and O–H groups in total. The second-order valence-electron chi connectivity index (χ2n) is 5.48. The molecule has 0 saturated heterocycles. The van der Waals surface area contributed by atoms with Crippen LogP contribution in [0, 0.1) is 13.8 Å². The first-order valence-corrected chi connectivity index (χ1v) is 6.90. The third kappa shape index (κ3) is 3.70. The van der Waals surface area contributed by atoms with Crippen LogP contribution in [0.25, 0.3) is 0 Å². The monoisotopic (exact) mass is 279 g/mol. The van der Waals surface area contributed by atoms with Crippen LogP contribution >= 0.6 is 0 Å². The lowest BCUT2D eigenvalue weighted by molar-refractivity contribution is 0.0696. The Morgan fingerprint density at radius 3 is 2.45 bits per heavy atom. The molecule has 0 saturated carbocycles. The number of hydrogen-bond acceptors (Lipinski definition) is 4. The molecule has 0 spiro atoms. The van der Waals surface area contributed by atoms with Crippen LogP contribution in [0.1, 0.15) is 35.5 Å². The van der Waals surface area contributed by atoms with Crippen molar-refractivity contribution in [1.29, 1.82) is 0 Å². The van der Waals surface area contributed by atoms with Gasteiger partial charge < -0.3 is 14.9 Å². The highest BCUT2D eigenvalue weighted by Gasteiger charge is 2.23. The van der Waals surface area contributed by atoms with Gasteiger partial charge in [0.25, 0.3) is 0 Å². The van der Waals surface area contributed by atoms with Crippen LogP contribution in [0.15, 0.2) is 6.07 Å². The molecule has 0 fully saturated rings. The summed E-state index contributed by atoms with van der Waals surface area (Å²) in [5, 5.41) is 9.47. The molecule has 1 aromatic rings. The number of aromatic carboxylic acids is 1. The first-order chi connectivity index (χ1) is 9.27. The molecule has 0 aromatic carbocycles. The van der Waals surface area contributed by atoms with Crippen LogP contribution in [0.2, 0.25) is 0 Å². The van der Waals surface area contributed by atoms with E-state index in [1.54, 1.807) is 0 Å². The molecule has 1 atom stereocenters. The largest absolute Gasteiger partial charge is 0.478 e. The van der Waals surface area contributed by atoms with E-state index in [0.717, 1.165) is 24.3 Å². The van der Waals surface area contributed by atoms with Crippen LogP contribution in [0.3, 0.4) is 0 Å². The number of rotatable bonds is 6. The summed E-state index contributed by atoms with van der Waals surface area (Å²) in [5.41, 5.74) is 1.91. The summed E-state index contributed by atoms with van der Waals surface area (Å²) in [6, 6.07) is 2.01. The summed E-state index contributed by atoms with van der Waals surface area (Å²) in [4.78, 5) is 20.2. The Morgan fingerprint density at radius 2 is 2.00 bits per heavy atom. The molecule has 1 rings (SSSR count). The van der Waals surface area contributed by atoms with Gasteiger partial charge in [0.15, 0.2) is 0 Å². The van der Waals surface area contributed by atoms with Crippen LogP contribution in [-0.2, 0) is 0 Å². The number of aryl methyl sites for hydroxylation is 2. The average Bonchev–Trinajstić information content (AvgIpc) is 2.26. The molecule has 0 amide bonds. The van der Waals surface area contributed by atoms with Crippen molar-refractivity contribution in [2.45, 2.75) is 33.7 Å². The second-order valence-corrected chi connectivity index (χ2v) is 5.48. The second kappa shape index (κ2) is 6.70.